The summed E-state index contributed by atoms with van der Waals surface area (Å²) in [6.07, 6.45) is 4.05. The zero-order valence-electron chi connectivity index (χ0n) is 16.8. The van der Waals surface area contributed by atoms with Gasteiger partial charge in [-0.05, 0) is 61.0 Å². The third-order valence-electron chi connectivity index (χ3n) is 5.54. The topological polar surface area (TPSA) is 67.7 Å². The van der Waals surface area contributed by atoms with E-state index in [9.17, 15) is 8.78 Å². The summed E-state index contributed by atoms with van der Waals surface area (Å²) in [6, 6.07) is 5.91. The van der Waals surface area contributed by atoms with Crippen LogP contribution in [0.4, 0.5) is 14.7 Å². The van der Waals surface area contributed by atoms with Gasteiger partial charge in [0.2, 0.25) is 5.95 Å². The van der Waals surface area contributed by atoms with E-state index in [1.54, 1.807) is 23.6 Å². The molecule has 0 saturated carbocycles. The summed E-state index contributed by atoms with van der Waals surface area (Å²) >= 11 is 1.64. The molecule has 6 nitrogen and oxygen atoms in total. The van der Waals surface area contributed by atoms with E-state index in [0.717, 1.165) is 48.3 Å². The number of nitrogens with zero attached hydrogens (tertiary/aromatic N) is 4. The first-order chi connectivity index (χ1) is 15.2. The lowest BCUT2D eigenvalue weighted by Gasteiger charge is -2.24. The molecule has 0 spiro atoms. The van der Waals surface area contributed by atoms with Crippen LogP contribution in [0, 0.1) is 17.6 Å². The molecule has 9 heteroatoms. The molecule has 160 valence electrons. The second kappa shape index (κ2) is 8.68. The summed E-state index contributed by atoms with van der Waals surface area (Å²) in [5.74, 6) is 0.113. The van der Waals surface area contributed by atoms with E-state index in [1.807, 2.05) is 5.38 Å². The van der Waals surface area contributed by atoms with Crippen LogP contribution in [-0.2, 0) is 13.1 Å². The third-order valence-corrected chi connectivity index (χ3v) is 6.22. The fraction of sp³-hybridized carbons (Fsp3) is 0.318. The number of hydrogen-bond donors (Lipinski definition) is 2. The minimum absolute atomic E-state index is 0.292. The maximum absolute atomic E-state index is 13.5. The number of aromatic nitrogens is 4. The number of halogens is 2. The van der Waals surface area contributed by atoms with E-state index in [0.29, 0.717) is 24.0 Å². The number of hydrogen-bond acceptors (Lipinski definition) is 6. The van der Waals surface area contributed by atoms with Crippen molar-refractivity contribution in [3.63, 3.8) is 0 Å². The molecule has 0 aliphatic carbocycles. The largest absolute Gasteiger partial charge is 0.350 e. The lowest BCUT2D eigenvalue weighted by atomic mass is 9.99. The summed E-state index contributed by atoms with van der Waals surface area (Å²) in [4.78, 5) is 13.9. The minimum Gasteiger partial charge on any atom is -0.350 e. The molecule has 0 unspecified atom stereocenters. The molecule has 2 N–H and O–H groups in total. The van der Waals surface area contributed by atoms with Gasteiger partial charge in [0.1, 0.15) is 11.3 Å². The highest BCUT2D eigenvalue weighted by atomic mass is 32.1. The van der Waals surface area contributed by atoms with E-state index in [2.05, 4.69) is 31.6 Å². The number of rotatable bonds is 6. The molecule has 1 aliphatic rings. The van der Waals surface area contributed by atoms with Crippen LogP contribution in [0.1, 0.15) is 18.4 Å². The summed E-state index contributed by atoms with van der Waals surface area (Å²) in [7, 11) is 0. The second-order valence-electron chi connectivity index (χ2n) is 7.77. The number of piperidine rings is 1. The smallest absolute Gasteiger partial charge is 0.225 e. The molecular formula is C22H22F2N6S. The molecule has 0 radical (unpaired) electrons. The molecule has 4 heterocycles. The Morgan fingerprint density at radius 1 is 1.19 bits per heavy atom. The highest BCUT2D eigenvalue weighted by Crippen LogP contribution is 2.28. The first-order valence-electron chi connectivity index (χ1n) is 10.3. The Morgan fingerprint density at radius 2 is 2.13 bits per heavy atom. The highest BCUT2D eigenvalue weighted by molar-refractivity contribution is 7.08. The van der Waals surface area contributed by atoms with Gasteiger partial charge in [-0.3, -0.25) is 0 Å². The number of nitrogens with one attached hydrogen (secondary N) is 2. The maximum Gasteiger partial charge on any atom is 0.225 e. The van der Waals surface area contributed by atoms with Crippen molar-refractivity contribution in [3.8, 4) is 11.4 Å². The number of imidazole rings is 1. The Hall–Kier alpha value is -2.91. The summed E-state index contributed by atoms with van der Waals surface area (Å²) in [5.41, 5.74) is 3.20. The molecule has 1 aliphatic heterocycles. The molecule has 0 amide bonds. The van der Waals surface area contributed by atoms with Gasteiger partial charge in [-0.15, -0.1) is 0 Å². The Bertz CT molecular complexity index is 1180. The molecule has 1 atom stereocenters. The number of anilines is 1. The zero-order valence-corrected chi connectivity index (χ0v) is 17.6. The number of benzene rings is 1. The molecule has 31 heavy (non-hydrogen) atoms. The van der Waals surface area contributed by atoms with Crippen molar-refractivity contribution < 1.29 is 8.78 Å². The van der Waals surface area contributed by atoms with Crippen molar-refractivity contribution in [2.45, 2.75) is 25.9 Å². The van der Waals surface area contributed by atoms with Gasteiger partial charge in [0, 0.05) is 24.0 Å². The summed E-state index contributed by atoms with van der Waals surface area (Å²) < 4.78 is 28.8. The van der Waals surface area contributed by atoms with Gasteiger partial charge in [-0.1, -0.05) is 6.07 Å². The van der Waals surface area contributed by atoms with Crippen molar-refractivity contribution in [2.24, 2.45) is 5.92 Å². The molecule has 0 bridgehead atoms. The monoisotopic (exact) mass is 440 g/mol. The van der Waals surface area contributed by atoms with Crippen LogP contribution in [0.5, 0.6) is 0 Å². The van der Waals surface area contributed by atoms with E-state index < -0.39 is 11.6 Å². The van der Waals surface area contributed by atoms with Crippen molar-refractivity contribution in [3.05, 3.63) is 58.4 Å². The Kier molecular flexibility index (Phi) is 5.61. The number of fused-ring (bicyclic) bond motifs is 1. The van der Waals surface area contributed by atoms with E-state index in [4.69, 9.17) is 9.97 Å². The summed E-state index contributed by atoms with van der Waals surface area (Å²) in [6.45, 7) is 3.17. The van der Waals surface area contributed by atoms with Crippen LogP contribution >= 0.6 is 11.3 Å². The van der Waals surface area contributed by atoms with Gasteiger partial charge in [-0.2, -0.15) is 16.3 Å². The van der Waals surface area contributed by atoms with Gasteiger partial charge in [0.15, 0.2) is 17.3 Å². The molecule has 1 aromatic carbocycles. The molecule has 5 rings (SSSR count). The molecule has 1 saturated heterocycles. The van der Waals surface area contributed by atoms with Crippen LogP contribution in [0.3, 0.4) is 0 Å². The van der Waals surface area contributed by atoms with Gasteiger partial charge in [-0.25, -0.2) is 18.7 Å². The van der Waals surface area contributed by atoms with Crippen molar-refractivity contribution >= 4 is 28.4 Å². The lowest BCUT2D eigenvalue weighted by Crippen LogP contribution is -2.32. The van der Waals surface area contributed by atoms with Crippen LogP contribution in [0.25, 0.3) is 22.6 Å². The maximum atomic E-state index is 13.5. The van der Waals surface area contributed by atoms with Gasteiger partial charge in [0.05, 0.1) is 6.20 Å². The fourth-order valence-corrected chi connectivity index (χ4v) is 4.59. The fourth-order valence-electron chi connectivity index (χ4n) is 3.96. The molecule has 1 fully saturated rings. The zero-order chi connectivity index (χ0) is 21.2. The quantitative estimate of drug-likeness (QED) is 0.464. The first-order valence-corrected chi connectivity index (χ1v) is 11.3. The van der Waals surface area contributed by atoms with E-state index in [-0.39, 0.29) is 0 Å². The Labute approximate surface area is 182 Å². The predicted molar refractivity (Wildman–Crippen MR) is 118 cm³/mol. The first kappa shape index (κ1) is 20.0. The van der Waals surface area contributed by atoms with Crippen LogP contribution in [0.15, 0.2) is 41.2 Å². The van der Waals surface area contributed by atoms with Gasteiger partial charge >= 0.3 is 0 Å². The second-order valence-corrected chi connectivity index (χ2v) is 8.55. The normalized spacial score (nSPS) is 16.6. The molecule has 3 aromatic heterocycles. The van der Waals surface area contributed by atoms with Crippen molar-refractivity contribution in [2.75, 3.05) is 18.4 Å². The number of thiophene rings is 1. The van der Waals surface area contributed by atoms with Crippen LogP contribution in [0.2, 0.25) is 0 Å². The van der Waals surface area contributed by atoms with Crippen LogP contribution in [-0.4, -0.2) is 32.6 Å². The Morgan fingerprint density at radius 3 is 2.90 bits per heavy atom. The standard InChI is InChI=1S/C22H22F2N6S/c23-17-4-3-14(8-18(17)24)10-26-22-27-11-19-21(29-22)30(12-15-2-1-6-25-9-15)20(28-19)16-5-7-31-13-16/h3-5,7-8,11,13,15,25H,1-2,6,9-10,12H2,(H,26,27,29)/t15-/m0/s1. The van der Waals surface area contributed by atoms with E-state index >= 15 is 0 Å². The average molecular weight is 441 g/mol. The molecular weight excluding hydrogens is 418 g/mol. The third kappa shape index (κ3) is 4.28. The highest BCUT2D eigenvalue weighted by Gasteiger charge is 2.20. The molecule has 4 aromatic rings. The predicted octanol–water partition coefficient (Wildman–Crippen LogP) is 4.44. The minimum atomic E-state index is -0.866. The van der Waals surface area contributed by atoms with E-state index in [1.165, 1.54) is 18.9 Å². The lowest BCUT2D eigenvalue weighted by molar-refractivity contribution is 0.341. The van der Waals surface area contributed by atoms with Crippen LogP contribution < -0.4 is 10.6 Å². The van der Waals surface area contributed by atoms with Crippen molar-refractivity contribution in [1.29, 1.82) is 0 Å². The summed E-state index contributed by atoms with van der Waals surface area (Å²) in [5, 5.41) is 10.7. The van der Waals surface area contributed by atoms with Gasteiger partial charge < -0.3 is 15.2 Å². The average Bonchev–Trinajstić information content (AvgIpc) is 3.44. The van der Waals surface area contributed by atoms with Gasteiger partial charge in [0.25, 0.3) is 0 Å². The Balaban J connectivity index is 1.46. The SMILES string of the molecule is Fc1ccc(CNc2ncc3nc(-c4ccsc4)n(C[C@H]4CCCNC4)c3n2)cc1F. The van der Waals surface area contributed by atoms with Crippen molar-refractivity contribution in [1.82, 2.24) is 24.8 Å².